The summed E-state index contributed by atoms with van der Waals surface area (Å²) in [6.07, 6.45) is 0. The van der Waals surface area contributed by atoms with Gasteiger partial charge in [0.15, 0.2) is 0 Å². The second kappa shape index (κ2) is 10.8. The summed E-state index contributed by atoms with van der Waals surface area (Å²) in [6.45, 7) is 4.98. The number of hydrogen-bond acceptors (Lipinski definition) is 3. The van der Waals surface area contributed by atoms with Gasteiger partial charge in [-0.25, -0.2) is 9.18 Å². The van der Waals surface area contributed by atoms with Gasteiger partial charge in [0.1, 0.15) is 5.82 Å². The Morgan fingerprint density at radius 2 is 1.66 bits per heavy atom. The largest absolute Gasteiger partial charge is 0.339 e. The molecule has 0 fully saturated rings. The summed E-state index contributed by atoms with van der Waals surface area (Å²) in [5.41, 5.74) is 1.69. The lowest BCUT2D eigenvalue weighted by Crippen LogP contribution is -2.39. The Bertz CT molecular complexity index is 851. The molecule has 29 heavy (non-hydrogen) atoms. The van der Waals surface area contributed by atoms with Crippen LogP contribution in [0.3, 0.4) is 0 Å². The smallest absolute Gasteiger partial charge is 0.315 e. The molecule has 8 heteroatoms. The Morgan fingerprint density at radius 3 is 2.31 bits per heavy atom. The van der Waals surface area contributed by atoms with Crippen LogP contribution in [0.2, 0.25) is 0 Å². The van der Waals surface area contributed by atoms with Crippen molar-refractivity contribution in [2.75, 3.05) is 25.0 Å². The van der Waals surface area contributed by atoms with Crippen molar-refractivity contribution in [3.63, 3.8) is 0 Å². The van der Waals surface area contributed by atoms with E-state index in [0.717, 1.165) is 5.56 Å². The Kier molecular flexibility index (Phi) is 8.14. The number of amides is 4. The predicted octanol–water partition coefficient (Wildman–Crippen LogP) is 2.75. The quantitative estimate of drug-likeness (QED) is 0.636. The summed E-state index contributed by atoms with van der Waals surface area (Å²) in [5.74, 6) is -0.878. The Labute approximate surface area is 169 Å². The fraction of sp³-hybridized carbons (Fsp3) is 0.286. The van der Waals surface area contributed by atoms with Gasteiger partial charge in [-0.3, -0.25) is 9.59 Å². The van der Waals surface area contributed by atoms with E-state index in [1.165, 1.54) is 12.1 Å². The fourth-order valence-corrected chi connectivity index (χ4v) is 2.64. The molecule has 0 heterocycles. The topological polar surface area (TPSA) is 90.5 Å². The normalized spacial score (nSPS) is 10.2. The van der Waals surface area contributed by atoms with Gasteiger partial charge in [0, 0.05) is 30.9 Å². The van der Waals surface area contributed by atoms with Crippen molar-refractivity contribution in [1.29, 1.82) is 0 Å². The van der Waals surface area contributed by atoms with Crippen molar-refractivity contribution >= 4 is 23.5 Å². The number of rotatable bonds is 8. The van der Waals surface area contributed by atoms with Crippen LogP contribution in [0.15, 0.2) is 48.5 Å². The second-order valence-electron chi connectivity index (χ2n) is 6.27. The third-order valence-electron chi connectivity index (χ3n) is 4.22. The first-order valence-electron chi connectivity index (χ1n) is 9.38. The molecular formula is C21H25FN4O3. The van der Waals surface area contributed by atoms with Crippen molar-refractivity contribution in [1.82, 2.24) is 15.5 Å². The van der Waals surface area contributed by atoms with Crippen molar-refractivity contribution in [3.05, 3.63) is 65.5 Å². The highest BCUT2D eigenvalue weighted by Crippen LogP contribution is 2.13. The van der Waals surface area contributed by atoms with Crippen LogP contribution in [0.5, 0.6) is 0 Å². The summed E-state index contributed by atoms with van der Waals surface area (Å²) in [5, 5.41) is 7.68. The minimum absolute atomic E-state index is 0.107. The third-order valence-corrected chi connectivity index (χ3v) is 4.22. The average Bonchev–Trinajstić information content (AvgIpc) is 2.73. The summed E-state index contributed by atoms with van der Waals surface area (Å²) >= 11 is 0. The van der Waals surface area contributed by atoms with E-state index in [0.29, 0.717) is 24.3 Å². The van der Waals surface area contributed by atoms with Gasteiger partial charge < -0.3 is 20.9 Å². The van der Waals surface area contributed by atoms with Gasteiger partial charge in [0.2, 0.25) is 5.91 Å². The van der Waals surface area contributed by atoms with Crippen molar-refractivity contribution < 1.29 is 18.8 Å². The van der Waals surface area contributed by atoms with Gasteiger partial charge in [0.05, 0.1) is 6.54 Å². The van der Waals surface area contributed by atoms with Crippen molar-refractivity contribution in [2.24, 2.45) is 0 Å². The van der Waals surface area contributed by atoms with Crippen LogP contribution in [0, 0.1) is 5.82 Å². The molecule has 0 bridgehead atoms. The second-order valence-corrected chi connectivity index (χ2v) is 6.27. The minimum atomic E-state index is -0.519. The number of nitrogens with zero attached hydrogens (tertiary/aromatic N) is 1. The van der Waals surface area contributed by atoms with E-state index in [1.807, 2.05) is 13.8 Å². The third kappa shape index (κ3) is 6.91. The molecule has 0 radical (unpaired) electrons. The molecule has 7 nitrogen and oxygen atoms in total. The summed E-state index contributed by atoms with van der Waals surface area (Å²) < 4.78 is 12.9. The number of halogens is 1. The maximum absolute atomic E-state index is 12.9. The lowest BCUT2D eigenvalue weighted by Gasteiger charge is -2.19. The first kappa shape index (κ1) is 21.9. The highest BCUT2D eigenvalue weighted by Gasteiger charge is 2.13. The summed E-state index contributed by atoms with van der Waals surface area (Å²) in [4.78, 5) is 37.9. The minimum Gasteiger partial charge on any atom is -0.339 e. The maximum Gasteiger partial charge on any atom is 0.315 e. The van der Waals surface area contributed by atoms with Gasteiger partial charge >= 0.3 is 6.03 Å². The molecule has 0 atom stereocenters. The number of carbonyl (C=O) groups excluding carboxylic acids is 3. The molecule has 3 N–H and O–H groups in total. The standard InChI is InChI=1S/C21H25FN4O3/c1-3-26(4-2)20(28)16-6-5-7-18(12-16)25-19(27)14-24-21(29)23-13-15-8-10-17(22)11-9-15/h5-12H,3-4,13-14H2,1-2H3,(H,25,27)(H2,23,24,29). The average molecular weight is 400 g/mol. The van der Waals surface area contributed by atoms with Gasteiger partial charge in [-0.2, -0.15) is 0 Å². The zero-order valence-corrected chi connectivity index (χ0v) is 16.5. The molecule has 0 aliphatic rings. The van der Waals surface area contributed by atoms with E-state index in [2.05, 4.69) is 16.0 Å². The van der Waals surface area contributed by atoms with E-state index < -0.39 is 11.9 Å². The van der Waals surface area contributed by atoms with E-state index in [-0.39, 0.29) is 24.8 Å². The van der Waals surface area contributed by atoms with Crippen LogP contribution < -0.4 is 16.0 Å². The molecular weight excluding hydrogens is 375 g/mol. The van der Waals surface area contributed by atoms with Crippen molar-refractivity contribution in [3.8, 4) is 0 Å². The predicted molar refractivity (Wildman–Crippen MR) is 109 cm³/mol. The fourth-order valence-electron chi connectivity index (χ4n) is 2.64. The zero-order valence-electron chi connectivity index (χ0n) is 16.5. The highest BCUT2D eigenvalue weighted by atomic mass is 19.1. The van der Waals surface area contributed by atoms with Crippen molar-refractivity contribution in [2.45, 2.75) is 20.4 Å². The number of anilines is 1. The molecule has 0 aliphatic carbocycles. The van der Waals surface area contributed by atoms with Crippen LogP contribution in [0.4, 0.5) is 14.9 Å². The van der Waals surface area contributed by atoms with E-state index in [1.54, 1.807) is 41.3 Å². The molecule has 154 valence electrons. The number of hydrogen-bond donors (Lipinski definition) is 3. The monoisotopic (exact) mass is 400 g/mol. The number of carbonyl (C=O) groups is 3. The van der Waals surface area contributed by atoms with Crippen LogP contribution in [-0.2, 0) is 11.3 Å². The van der Waals surface area contributed by atoms with Crippen LogP contribution in [-0.4, -0.2) is 42.4 Å². The lowest BCUT2D eigenvalue weighted by atomic mass is 10.1. The first-order chi connectivity index (χ1) is 13.9. The van der Waals surface area contributed by atoms with E-state index in [9.17, 15) is 18.8 Å². The Balaban J connectivity index is 1.81. The SMILES string of the molecule is CCN(CC)C(=O)c1cccc(NC(=O)CNC(=O)NCc2ccc(F)cc2)c1. The van der Waals surface area contributed by atoms with Crippen LogP contribution in [0.1, 0.15) is 29.8 Å². The molecule has 0 aliphatic heterocycles. The Morgan fingerprint density at radius 1 is 0.966 bits per heavy atom. The number of benzene rings is 2. The first-order valence-corrected chi connectivity index (χ1v) is 9.38. The molecule has 0 aromatic heterocycles. The van der Waals surface area contributed by atoms with E-state index in [4.69, 9.17) is 0 Å². The van der Waals surface area contributed by atoms with Gasteiger partial charge in [-0.1, -0.05) is 18.2 Å². The summed E-state index contributed by atoms with van der Waals surface area (Å²) in [6, 6.07) is 11.9. The van der Waals surface area contributed by atoms with E-state index >= 15 is 0 Å². The van der Waals surface area contributed by atoms with Gasteiger partial charge in [-0.15, -0.1) is 0 Å². The van der Waals surface area contributed by atoms with Gasteiger partial charge in [-0.05, 0) is 49.7 Å². The molecule has 2 rings (SSSR count). The molecule has 0 saturated carbocycles. The molecule has 0 unspecified atom stereocenters. The lowest BCUT2D eigenvalue weighted by molar-refractivity contribution is -0.115. The Hall–Kier alpha value is -3.42. The number of urea groups is 1. The highest BCUT2D eigenvalue weighted by molar-refractivity contribution is 5.98. The number of nitrogens with one attached hydrogen (secondary N) is 3. The zero-order chi connectivity index (χ0) is 21.2. The molecule has 2 aromatic rings. The molecule has 0 spiro atoms. The summed E-state index contributed by atoms with van der Waals surface area (Å²) in [7, 11) is 0. The molecule has 2 aromatic carbocycles. The van der Waals surface area contributed by atoms with Crippen LogP contribution >= 0.6 is 0 Å². The molecule has 4 amide bonds. The van der Waals surface area contributed by atoms with Gasteiger partial charge in [0.25, 0.3) is 5.91 Å². The van der Waals surface area contributed by atoms with Crippen LogP contribution in [0.25, 0.3) is 0 Å². The molecule has 0 saturated heterocycles. The maximum atomic E-state index is 12.9.